The molecule has 1 unspecified atom stereocenters. The monoisotopic (exact) mass is 267 g/mol. The van der Waals surface area contributed by atoms with Crippen molar-refractivity contribution in [3.8, 4) is 0 Å². The van der Waals surface area contributed by atoms with Gasteiger partial charge in [-0.05, 0) is 33.1 Å². The van der Waals surface area contributed by atoms with Gasteiger partial charge in [-0.2, -0.15) is 0 Å². The number of hydrogen-bond donors (Lipinski definition) is 1. The molecule has 0 spiro atoms. The Labute approximate surface area is 113 Å². The lowest BCUT2D eigenvalue weighted by molar-refractivity contribution is -0.133. The SMILES string of the molecule is CCC(C)(C)NC(=O)CN1C(=O)C2CCCN2C1=O. The van der Waals surface area contributed by atoms with Crippen LogP contribution >= 0.6 is 0 Å². The third-order valence-corrected chi connectivity index (χ3v) is 3.94. The molecule has 2 fully saturated rings. The van der Waals surface area contributed by atoms with Crippen LogP contribution < -0.4 is 5.32 Å². The summed E-state index contributed by atoms with van der Waals surface area (Å²) < 4.78 is 0. The molecule has 106 valence electrons. The molecule has 0 bridgehead atoms. The molecular formula is C13H21N3O3. The summed E-state index contributed by atoms with van der Waals surface area (Å²) in [6.07, 6.45) is 2.36. The molecule has 2 rings (SSSR count). The molecule has 2 heterocycles. The van der Waals surface area contributed by atoms with Gasteiger partial charge in [0.25, 0.3) is 5.91 Å². The van der Waals surface area contributed by atoms with Gasteiger partial charge in [-0.15, -0.1) is 0 Å². The van der Waals surface area contributed by atoms with Crippen LogP contribution in [-0.4, -0.2) is 52.3 Å². The first-order valence-electron chi connectivity index (χ1n) is 6.78. The Morgan fingerprint density at radius 1 is 1.42 bits per heavy atom. The number of carbonyl (C=O) groups is 3. The molecule has 6 heteroatoms. The summed E-state index contributed by atoms with van der Waals surface area (Å²) in [5, 5.41) is 2.84. The fourth-order valence-corrected chi connectivity index (χ4v) is 2.48. The summed E-state index contributed by atoms with van der Waals surface area (Å²) in [7, 11) is 0. The minimum Gasteiger partial charge on any atom is -0.350 e. The second kappa shape index (κ2) is 4.83. The van der Waals surface area contributed by atoms with E-state index in [1.165, 1.54) is 0 Å². The van der Waals surface area contributed by atoms with E-state index in [0.29, 0.717) is 13.0 Å². The quantitative estimate of drug-likeness (QED) is 0.763. The lowest BCUT2D eigenvalue weighted by atomic mass is 10.0. The average molecular weight is 267 g/mol. The second-order valence-corrected chi connectivity index (χ2v) is 5.84. The highest BCUT2D eigenvalue weighted by Gasteiger charge is 2.47. The van der Waals surface area contributed by atoms with Crippen molar-refractivity contribution in [3.05, 3.63) is 0 Å². The molecule has 2 aliphatic heterocycles. The number of amides is 4. The maximum Gasteiger partial charge on any atom is 0.327 e. The topological polar surface area (TPSA) is 69.7 Å². The van der Waals surface area contributed by atoms with Gasteiger partial charge >= 0.3 is 6.03 Å². The number of fused-ring (bicyclic) bond motifs is 1. The van der Waals surface area contributed by atoms with E-state index >= 15 is 0 Å². The van der Waals surface area contributed by atoms with Crippen LogP contribution in [-0.2, 0) is 9.59 Å². The number of nitrogens with zero attached hydrogens (tertiary/aromatic N) is 2. The molecule has 0 aromatic carbocycles. The van der Waals surface area contributed by atoms with E-state index in [-0.39, 0.29) is 36.0 Å². The molecule has 2 aliphatic rings. The van der Waals surface area contributed by atoms with Crippen LogP contribution in [0.2, 0.25) is 0 Å². The van der Waals surface area contributed by atoms with Crippen molar-refractivity contribution in [2.24, 2.45) is 0 Å². The molecule has 0 aliphatic carbocycles. The highest BCUT2D eigenvalue weighted by molar-refractivity contribution is 6.06. The Balaban J connectivity index is 1.98. The first-order valence-corrected chi connectivity index (χ1v) is 6.78. The molecule has 6 nitrogen and oxygen atoms in total. The summed E-state index contributed by atoms with van der Waals surface area (Å²) in [4.78, 5) is 38.6. The van der Waals surface area contributed by atoms with E-state index in [1.807, 2.05) is 20.8 Å². The fraction of sp³-hybridized carbons (Fsp3) is 0.769. The molecule has 0 aromatic rings. The lowest BCUT2D eigenvalue weighted by Gasteiger charge is -2.25. The highest BCUT2D eigenvalue weighted by Crippen LogP contribution is 2.27. The summed E-state index contributed by atoms with van der Waals surface area (Å²) in [5.41, 5.74) is -0.320. The zero-order valence-corrected chi connectivity index (χ0v) is 11.7. The number of hydrogen-bond acceptors (Lipinski definition) is 3. The first-order chi connectivity index (χ1) is 8.85. The van der Waals surface area contributed by atoms with Crippen molar-refractivity contribution in [3.63, 3.8) is 0 Å². The molecular weight excluding hydrogens is 246 g/mol. The van der Waals surface area contributed by atoms with E-state index in [4.69, 9.17) is 0 Å². The maximum absolute atomic E-state index is 12.1. The summed E-state index contributed by atoms with van der Waals surface area (Å²) >= 11 is 0. The number of rotatable bonds is 4. The molecule has 1 N–H and O–H groups in total. The van der Waals surface area contributed by atoms with Crippen molar-refractivity contribution < 1.29 is 14.4 Å². The third kappa shape index (κ3) is 2.57. The van der Waals surface area contributed by atoms with Crippen LogP contribution in [0.25, 0.3) is 0 Å². The number of imide groups is 1. The van der Waals surface area contributed by atoms with Crippen LogP contribution in [0.1, 0.15) is 40.0 Å². The molecule has 0 aromatic heterocycles. The van der Waals surface area contributed by atoms with Crippen molar-refractivity contribution in [2.75, 3.05) is 13.1 Å². The molecule has 19 heavy (non-hydrogen) atoms. The first kappa shape index (κ1) is 13.8. The minimum absolute atomic E-state index is 0.173. The largest absolute Gasteiger partial charge is 0.350 e. The smallest absolute Gasteiger partial charge is 0.327 e. The Morgan fingerprint density at radius 2 is 2.11 bits per heavy atom. The van der Waals surface area contributed by atoms with Crippen molar-refractivity contribution in [1.82, 2.24) is 15.1 Å². The zero-order chi connectivity index (χ0) is 14.2. The predicted octanol–water partition coefficient (Wildman–Crippen LogP) is 0.718. The highest BCUT2D eigenvalue weighted by atomic mass is 16.2. The van der Waals surface area contributed by atoms with E-state index < -0.39 is 0 Å². The molecule has 4 amide bonds. The van der Waals surface area contributed by atoms with Gasteiger partial charge in [-0.25, -0.2) is 4.79 Å². The normalized spacial score (nSPS) is 23.0. The van der Waals surface area contributed by atoms with Gasteiger partial charge in [0.05, 0.1) is 0 Å². The predicted molar refractivity (Wildman–Crippen MR) is 69.3 cm³/mol. The number of urea groups is 1. The van der Waals surface area contributed by atoms with Crippen molar-refractivity contribution >= 4 is 17.8 Å². The van der Waals surface area contributed by atoms with Crippen molar-refractivity contribution in [2.45, 2.75) is 51.6 Å². The Bertz CT molecular complexity index is 397. The van der Waals surface area contributed by atoms with E-state index in [9.17, 15) is 14.4 Å². The van der Waals surface area contributed by atoms with Gasteiger partial charge in [0, 0.05) is 12.1 Å². The number of nitrogens with one attached hydrogen (secondary N) is 1. The van der Waals surface area contributed by atoms with Crippen LogP contribution in [0, 0.1) is 0 Å². The summed E-state index contributed by atoms with van der Waals surface area (Å²) in [6, 6.07) is -0.656. The van der Waals surface area contributed by atoms with Gasteiger partial charge in [-0.3, -0.25) is 14.5 Å². The van der Waals surface area contributed by atoms with E-state index in [1.54, 1.807) is 4.90 Å². The van der Waals surface area contributed by atoms with Crippen LogP contribution in [0.4, 0.5) is 4.79 Å². The summed E-state index contributed by atoms with van der Waals surface area (Å²) in [5.74, 6) is -0.512. The number of carbonyl (C=O) groups excluding carboxylic acids is 3. The third-order valence-electron chi connectivity index (χ3n) is 3.94. The molecule has 1 atom stereocenters. The van der Waals surface area contributed by atoms with Gasteiger partial charge in [-0.1, -0.05) is 6.92 Å². The van der Waals surface area contributed by atoms with Crippen LogP contribution in [0.5, 0.6) is 0 Å². The molecule has 2 saturated heterocycles. The zero-order valence-electron chi connectivity index (χ0n) is 11.7. The maximum atomic E-state index is 12.1. The van der Waals surface area contributed by atoms with Crippen LogP contribution in [0.3, 0.4) is 0 Å². The Kier molecular flexibility index (Phi) is 3.52. The fourth-order valence-electron chi connectivity index (χ4n) is 2.48. The van der Waals surface area contributed by atoms with Crippen LogP contribution in [0.15, 0.2) is 0 Å². The molecule has 0 radical (unpaired) electrons. The average Bonchev–Trinajstić information content (AvgIpc) is 2.89. The van der Waals surface area contributed by atoms with Crippen molar-refractivity contribution in [1.29, 1.82) is 0 Å². The van der Waals surface area contributed by atoms with E-state index in [0.717, 1.165) is 17.7 Å². The van der Waals surface area contributed by atoms with Gasteiger partial charge < -0.3 is 10.2 Å². The Morgan fingerprint density at radius 3 is 2.68 bits per heavy atom. The van der Waals surface area contributed by atoms with Gasteiger partial charge in [0.1, 0.15) is 12.6 Å². The van der Waals surface area contributed by atoms with Gasteiger partial charge in [0.2, 0.25) is 5.91 Å². The second-order valence-electron chi connectivity index (χ2n) is 5.84. The summed E-state index contributed by atoms with van der Waals surface area (Å²) in [6.45, 7) is 6.25. The Hall–Kier alpha value is -1.59. The van der Waals surface area contributed by atoms with E-state index in [2.05, 4.69) is 5.32 Å². The standard InChI is InChI=1S/C13H21N3O3/c1-4-13(2,3)14-10(17)8-16-11(18)9-6-5-7-15(9)12(16)19/h9H,4-8H2,1-3H3,(H,14,17). The van der Waals surface area contributed by atoms with Gasteiger partial charge in [0.15, 0.2) is 0 Å². The lowest BCUT2D eigenvalue weighted by Crippen LogP contribution is -2.49. The minimum atomic E-state index is -0.334. The molecule has 0 saturated carbocycles.